The summed E-state index contributed by atoms with van der Waals surface area (Å²) in [4.78, 5) is 53.8. The third-order valence-electron chi connectivity index (χ3n) is 8.05. The second kappa shape index (κ2) is 28.6. The van der Waals surface area contributed by atoms with Gasteiger partial charge >= 0.3 is 5.97 Å². The van der Waals surface area contributed by atoms with Crippen molar-refractivity contribution in [3.05, 3.63) is 18.2 Å². The first-order chi connectivity index (χ1) is 22.3. The molecule has 0 aliphatic carbocycles. The van der Waals surface area contributed by atoms with Gasteiger partial charge in [-0.25, -0.2) is 10.4 Å². The molecule has 0 aromatic carbocycles. The van der Waals surface area contributed by atoms with E-state index in [0.717, 1.165) is 50.6 Å². The molecule has 12 nitrogen and oxygen atoms in total. The van der Waals surface area contributed by atoms with E-state index in [9.17, 15) is 19.2 Å². The minimum absolute atomic E-state index is 0.0990. The van der Waals surface area contributed by atoms with E-state index in [4.69, 9.17) is 10.8 Å². The topological polar surface area (TPSA) is 191 Å². The Kier molecular flexibility index (Phi) is 25.7. The second-order valence-corrected chi connectivity index (χ2v) is 12.5. The molecule has 2 unspecified atom stereocenters. The van der Waals surface area contributed by atoms with Crippen LogP contribution in [-0.2, 0) is 25.6 Å². The number of imidazole rings is 1. The molecular weight excluding hydrogens is 606 g/mol. The van der Waals surface area contributed by atoms with Crippen LogP contribution in [0.25, 0.3) is 0 Å². The number of hydrogen-bond donors (Lipinski definition) is 8. The maximum atomic E-state index is 12.7. The van der Waals surface area contributed by atoms with Crippen molar-refractivity contribution in [3.8, 4) is 0 Å². The van der Waals surface area contributed by atoms with E-state index in [1.807, 2.05) is 0 Å². The van der Waals surface area contributed by atoms with E-state index in [1.165, 1.54) is 70.6 Å². The lowest BCUT2D eigenvalue weighted by atomic mass is 10.0. The highest BCUT2D eigenvalue weighted by Gasteiger charge is 2.21. The van der Waals surface area contributed by atoms with Gasteiger partial charge in [-0.3, -0.25) is 24.6 Å². The first kappa shape index (κ1) is 41.4. The molecule has 0 aliphatic rings. The Labute approximate surface area is 281 Å². The number of aliphatic carboxylic acids is 1. The van der Waals surface area contributed by atoms with Crippen LogP contribution in [0.15, 0.2) is 12.5 Å². The predicted octanol–water partition coefficient (Wildman–Crippen LogP) is 4.32. The number of aromatic amines is 1. The number of carboxylic acid groups (broad SMARTS) is 1. The fourth-order valence-electron chi connectivity index (χ4n) is 5.21. The summed E-state index contributed by atoms with van der Waals surface area (Å²) in [6.45, 7) is 1.20. The van der Waals surface area contributed by atoms with E-state index < -0.39 is 24.0 Å². The van der Waals surface area contributed by atoms with Crippen molar-refractivity contribution in [3.63, 3.8) is 0 Å². The van der Waals surface area contributed by atoms with Crippen molar-refractivity contribution in [2.24, 2.45) is 5.73 Å². The lowest BCUT2D eigenvalue weighted by Crippen LogP contribution is -2.56. The number of H-pyrrole nitrogens is 1. The number of nitrogens with zero attached hydrogens (tertiary/aromatic N) is 1. The molecule has 13 heteroatoms. The number of hydrazine groups is 1. The first-order valence-electron chi connectivity index (χ1n) is 17.5. The molecule has 264 valence electrons. The summed E-state index contributed by atoms with van der Waals surface area (Å²) >= 11 is 4.07. The van der Waals surface area contributed by atoms with E-state index in [1.54, 1.807) is 12.5 Å². The predicted molar refractivity (Wildman–Crippen MR) is 185 cm³/mol. The summed E-state index contributed by atoms with van der Waals surface area (Å²) in [5.74, 6) is -1.35. The van der Waals surface area contributed by atoms with Crippen LogP contribution in [-0.4, -0.2) is 69.7 Å². The van der Waals surface area contributed by atoms with Crippen molar-refractivity contribution < 1.29 is 24.3 Å². The van der Waals surface area contributed by atoms with E-state index in [2.05, 4.69) is 44.1 Å². The molecule has 2 atom stereocenters. The van der Waals surface area contributed by atoms with Gasteiger partial charge < -0.3 is 26.5 Å². The summed E-state index contributed by atoms with van der Waals surface area (Å²) in [7, 11) is 0. The minimum Gasteiger partial charge on any atom is -0.481 e. The summed E-state index contributed by atoms with van der Waals surface area (Å²) in [6.07, 6.45) is 25.2. The molecule has 0 radical (unpaired) electrons. The molecule has 1 aromatic rings. The Hall–Kier alpha value is -2.64. The van der Waals surface area contributed by atoms with Crippen molar-refractivity contribution in [2.75, 3.05) is 18.8 Å². The summed E-state index contributed by atoms with van der Waals surface area (Å²) < 4.78 is 0. The molecule has 0 saturated carbocycles. The molecule has 3 amide bonds. The fourth-order valence-corrected chi connectivity index (χ4v) is 5.48. The third kappa shape index (κ3) is 23.7. The van der Waals surface area contributed by atoms with E-state index in [0.29, 0.717) is 32.4 Å². The lowest BCUT2D eigenvalue weighted by molar-refractivity contribution is -0.137. The normalized spacial score (nSPS) is 12.5. The number of aromatic nitrogens is 2. The van der Waals surface area contributed by atoms with Gasteiger partial charge in [0, 0.05) is 43.5 Å². The number of nitrogens with two attached hydrogens (primary N) is 1. The van der Waals surface area contributed by atoms with E-state index in [-0.39, 0.29) is 17.6 Å². The fraction of sp³-hybridized carbons (Fsp3) is 0.788. The van der Waals surface area contributed by atoms with Crippen LogP contribution in [0.4, 0.5) is 0 Å². The molecule has 0 saturated heterocycles. The van der Waals surface area contributed by atoms with Crippen LogP contribution in [0.5, 0.6) is 0 Å². The lowest BCUT2D eigenvalue weighted by Gasteiger charge is -2.20. The maximum absolute atomic E-state index is 12.7. The number of carbonyl (C=O) groups excluding carboxylic acids is 3. The van der Waals surface area contributed by atoms with Crippen LogP contribution in [0.2, 0.25) is 0 Å². The number of thiol groups is 1. The van der Waals surface area contributed by atoms with Crippen LogP contribution in [0.3, 0.4) is 0 Å². The monoisotopic (exact) mass is 667 g/mol. The largest absolute Gasteiger partial charge is 0.481 e. The van der Waals surface area contributed by atoms with Gasteiger partial charge in [-0.15, -0.1) is 0 Å². The molecule has 0 bridgehead atoms. The summed E-state index contributed by atoms with van der Waals surface area (Å²) in [5, 5.41) is 14.9. The SMILES string of the molecule is NC(=O)C(CS)NNC(=O)C(Cc1cnc[nH]1)NCCCCNC(=O)CCCCCCCCCCCCCCCCCCC(=O)O. The van der Waals surface area contributed by atoms with E-state index >= 15 is 0 Å². The first-order valence-corrected chi connectivity index (χ1v) is 18.1. The van der Waals surface area contributed by atoms with Crippen molar-refractivity contribution in [1.82, 2.24) is 31.5 Å². The molecule has 1 aromatic heterocycles. The molecule has 1 heterocycles. The number of hydrogen-bond acceptors (Lipinski definition) is 8. The Balaban J connectivity index is 1.97. The van der Waals surface area contributed by atoms with Crippen molar-refractivity contribution in [2.45, 2.75) is 147 Å². The number of amides is 3. The summed E-state index contributed by atoms with van der Waals surface area (Å²) in [5.41, 5.74) is 11.3. The van der Waals surface area contributed by atoms with Gasteiger partial charge in [0.2, 0.25) is 11.8 Å². The highest BCUT2D eigenvalue weighted by Crippen LogP contribution is 2.14. The second-order valence-electron chi connectivity index (χ2n) is 12.2. The van der Waals surface area contributed by atoms with Crippen LogP contribution in [0.1, 0.15) is 134 Å². The highest BCUT2D eigenvalue weighted by atomic mass is 32.1. The molecule has 0 aliphatic heterocycles. The molecule has 0 spiro atoms. The van der Waals surface area contributed by atoms with Crippen molar-refractivity contribution >= 4 is 36.3 Å². The van der Waals surface area contributed by atoms with Crippen molar-refractivity contribution in [1.29, 1.82) is 0 Å². The zero-order valence-corrected chi connectivity index (χ0v) is 28.7. The highest BCUT2D eigenvalue weighted by molar-refractivity contribution is 7.80. The number of rotatable bonds is 32. The average molecular weight is 668 g/mol. The van der Waals surface area contributed by atoms with Gasteiger partial charge in [-0.1, -0.05) is 89.9 Å². The number of carboxylic acids is 1. The average Bonchev–Trinajstić information content (AvgIpc) is 3.54. The van der Waals surface area contributed by atoms with Gasteiger partial charge in [0.15, 0.2) is 0 Å². The quantitative estimate of drug-likeness (QED) is 0.0316. The zero-order chi connectivity index (χ0) is 33.7. The van der Waals surface area contributed by atoms with Gasteiger partial charge in [-0.2, -0.15) is 12.6 Å². The Morgan fingerprint density at radius 2 is 1.28 bits per heavy atom. The molecule has 0 fully saturated rings. The van der Waals surface area contributed by atoms with Crippen LogP contribution in [0, 0.1) is 0 Å². The zero-order valence-electron chi connectivity index (χ0n) is 27.8. The van der Waals surface area contributed by atoms with Gasteiger partial charge in [0.05, 0.1) is 12.4 Å². The third-order valence-corrected chi connectivity index (χ3v) is 8.42. The smallest absolute Gasteiger partial charge is 0.303 e. The Bertz CT molecular complexity index is 936. The maximum Gasteiger partial charge on any atom is 0.303 e. The minimum atomic E-state index is -0.771. The Morgan fingerprint density at radius 1 is 0.761 bits per heavy atom. The van der Waals surface area contributed by atoms with Gasteiger partial charge in [0.1, 0.15) is 6.04 Å². The van der Waals surface area contributed by atoms with Crippen LogP contribution < -0.4 is 27.2 Å². The number of primary amides is 1. The summed E-state index contributed by atoms with van der Waals surface area (Å²) in [6, 6.07) is -1.32. The molecular formula is C33H61N7O5S. The van der Waals surface area contributed by atoms with Crippen LogP contribution >= 0.6 is 12.6 Å². The molecule has 1 rings (SSSR count). The molecule has 8 N–H and O–H groups in total. The standard InChI is InChI=1S/C33H61N7O5S/c34-32(44)29(25-46)39-40-33(45)28(23-27-24-35-26-38-27)36-21-17-18-22-37-30(41)19-15-13-11-9-7-5-3-1-2-4-6-8-10-12-14-16-20-31(42)43/h24,26,28-29,36,39,46H,1-23,25H2,(H2,34,44)(H,35,38)(H,37,41)(H,40,45)(H,42,43). The molecule has 46 heavy (non-hydrogen) atoms. The number of nitrogens with one attached hydrogen (secondary N) is 5. The van der Waals surface area contributed by atoms with Gasteiger partial charge in [0.25, 0.3) is 5.91 Å². The van der Waals surface area contributed by atoms with Gasteiger partial charge in [-0.05, 0) is 32.2 Å². The number of unbranched alkanes of at least 4 members (excludes halogenated alkanes) is 16. The Morgan fingerprint density at radius 3 is 1.76 bits per heavy atom. The number of carbonyl (C=O) groups is 4.